The van der Waals surface area contributed by atoms with Crippen molar-refractivity contribution in [3.05, 3.63) is 10.7 Å². The monoisotopic (exact) mass is 340 g/mol. The first-order chi connectivity index (χ1) is 9.76. The Morgan fingerprint density at radius 1 is 1.35 bits per heavy atom. The molecule has 1 aromatic heterocycles. The molecule has 1 aromatic rings. The third-order valence-corrected chi connectivity index (χ3v) is 4.44. The summed E-state index contributed by atoms with van der Waals surface area (Å²) in [5.41, 5.74) is 0. The summed E-state index contributed by atoms with van der Waals surface area (Å²) < 4.78 is 1.000. The molecule has 4 nitrogen and oxygen atoms in total. The van der Waals surface area contributed by atoms with Crippen LogP contribution in [0.4, 0.5) is 11.8 Å². The zero-order chi connectivity index (χ0) is 14.4. The average Bonchev–Trinajstić information content (AvgIpc) is 2.71. The van der Waals surface area contributed by atoms with E-state index in [0.29, 0.717) is 6.04 Å². The van der Waals surface area contributed by atoms with Crippen LogP contribution in [0.1, 0.15) is 52.4 Å². The van der Waals surface area contributed by atoms with Gasteiger partial charge in [0.25, 0.3) is 0 Å². The second kappa shape index (κ2) is 7.81. The van der Waals surface area contributed by atoms with Crippen LogP contribution in [-0.4, -0.2) is 29.1 Å². The van der Waals surface area contributed by atoms with E-state index in [1.165, 1.54) is 32.1 Å². The maximum atomic E-state index is 4.73. The third kappa shape index (κ3) is 3.84. The van der Waals surface area contributed by atoms with Crippen molar-refractivity contribution in [3.8, 4) is 0 Å². The lowest BCUT2D eigenvalue weighted by Crippen LogP contribution is -2.35. The van der Waals surface area contributed by atoms with E-state index in [2.05, 4.69) is 45.0 Å². The second-order valence-corrected chi connectivity index (χ2v) is 6.25. The number of hydrogen-bond donors (Lipinski definition) is 1. The minimum atomic E-state index is 0.600. The Kier molecular flexibility index (Phi) is 6.07. The summed E-state index contributed by atoms with van der Waals surface area (Å²) in [7, 11) is 0. The highest BCUT2D eigenvalue weighted by Gasteiger charge is 2.23. The van der Waals surface area contributed by atoms with Crippen LogP contribution < -0.4 is 10.2 Å². The SMILES string of the molecule is CCCNc1ncc(Br)c(N2CCCCCC2CC)n1. The standard InChI is InChI=1S/C15H25BrN4/c1-3-9-17-15-18-11-13(16)14(19-15)20-10-7-5-6-8-12(20)4-2/h11-12H,3-10H2,1-2H3,(H,17,18,19). The first kappa shape index (κ1) is 15.5. The Balaban J connectivity index is 2.23. The van der Waals surface area contributed by atoms with Crippen LogP contribution in [0.2, 0.25) is 0 Å². The summed E-state index contributed by atoms with van der Waals surface area (Å²) in [5, 5.41) is 3.28. The lowest BCUT2D eigenvalue weighted by Gasteiger charge is -2.31. The minimum absolute atomic E-state index is 0.600. The Morgan fingerprint density at radius 2 is 2.20 bits per heavy atom. The number of nitrogens with zero attached hydrogens (tertiary/aromatic N) is 3. The molecule has 112 valence electrons. The van der Waals surface area contributed by atoms with Crippen molar-refractivity contribution in [2.24, 2.45) is 0 Å². The molecule has 1 saturated heterocycles. The Morgan fingerprint density at radius 3 is 2.95 bits per heavy atom. The van der Waals surface area contributed by atoms with Gasteiger partial charge in [0.1, 0.15) is 5.82 Å². The van der Waals surface area contributed by atoms with E-state index in [1.54, 1.807) is 0 Å². The van der Waals surface area contributed by atoms with E-state index in [0.717, 1.165) is 35.7 Å². The topological polar surface area (TPSA) is 41.1 Å². The van der Waals surface area contributed by atoms with Crippen molar-refractivity contribution < 1.29 is 0 Å². The second-order valence-electron chi connectivity index (χ2n) is 5.40. The molecule has 1 aliphatic rings. The Hall–Kier alpha value is -0.840. The largest absolute Gasteiger partial charge is 0.354 e. The molecular formula is C15H25BrN4. The molecule has 0 aromatic carbocycles. The number of hydrogen-bond acceptors (Lipinski definition) is 4. The van der Waals surface area contributed by atoms with Crippen molar-refractivity contribution in [1.29, 1.82) is 0 Å². The van der Waals surface area contributed by atoms with Crippen LogP contribution in [-0.2, 0) is 0 Å². The highest BCUT2D eigenvalue weighted by molar-refractivity contribution is 9.10. The van der Waals surface area contributed by atoms with Gasteiger partial charge in [0.05, 0.1) is 4.47 Å². The quantitative estimate of drug-likeness (QED) is 0.871. The maximum Gasteiger partial charge on any atom is 0.224 e. The van der Waals surface area contributed by atoms with E-state index in [4.69, 9.17) is 4.98 Å². The molecule has 0 spiro atoms. The van der Waals surface area contributed by atoms with Crippen molar-refractivity contribution in [1.82, 2.24) is 9.97 Å². The van der Waals surface area contributed by atoms with Gasteiger partial charge in [0, 0.05) is 25.3 Å². The predicted octanol–water partition coefficient (Wildman–Crippen LogP) is 4.22. The van der Waals surface area contributed by atoms with Crippen molar-refractivity contribution >= 4 is 27.7 Å². The lowest BCUT2D eigenvalue weighted by atomic mass is 10.1. The van der Waals surface area contributed by atoms with Crippen molar-refractivity contribution in [2.45, 2.75) is 58.4 Å². The smallest absolute Gasteiger partial charge is 0.224 e. The Bertz CT molecular complexity index is 424. The summed E-state index contributed by atoms with van der Waals surface area (Å²) in [6.45, 7) is 6.43. The van der Waals surface area contributed by atoms with E-state index >= 15 is 0 Å². The molecule has 2 heterocycles. The molecule has 0 aliphatic carbocycles. The van der Waals surface area contributed by atoms with Gasteiger partial charge in [-0.05, 0) is 41.6 Å². The molecule has 1 N–H and O–H groups in total. The zero-order valence-corrected chi connectivity index (χ0v) is 14.1. The number of aromatic nitrogens is 2. The molecule has 1 atom stereocenters. The van der Waals surface area contributed by atoms with Crippen LogP contribution in [0.15, 0.2) is 10.7 Å². The van der Waals surface area contributed by atoms with Gasteiger partial charge in [-0.1, -0.05) is 26.7 Å². The van der Waals surface area contributed by atoms with E-state index in [9.17, 15) is 0 Å². The first-order valence-electron chi connectivity index (χ1n) is 7.79. The molecule has 0 radical (unpaired) electrons. The number of halogens is 1. The van der Waals surface area contributed by atoms with Crippen LogP contribution in [0, 0.1) is 0 Å². The van der Waals surface area contributed by atoms with Gasteiger partial charge >= 0.3 is 0 Å². The van der Waals surface area contributed by atoms with Crippen molar-refractivity contribution in [2.75, 3.05) is 23.3 Å². The molecule has 5 heteroatoms. The number of nitrogens with one attached hydrogen (secondary N) is 1. The molecule has 1 aliphatic heterocycles. The van der Waals surface area contributed by atoms with Crippen molar-refractivity contribution in [3.63, 3.8) is 0 Å². The van der Waals surface area contributed by atoms with Gasteiger partial charge in [-0.15, -0.1) is 0 Å². The number of rotatable bonds is 5. The summed E-state index contributed by atoms with van der Waals surface area (Å²) in [4.78, 5) is 11.5. The van der Waals surface area contributed by atoms with Gasteiger partial charge < -0.3 is 10.2 Å². The summed E-state index contributed by atoms with van der Waals surface area (Å²) >= 11 is 3.62. The molecule has 0 amide bonds. The van der Waals surface area contributed by atoms with Crippen LogP contribution in [0.25, 0.3) is 0 Å². The van der Waals surface area contributed by atoms with Gasteiger partial charge in [-0.25, -0.2) is 4.98 Å². The zero-order valence-electron chi connectivity index (χ0n) is 12.5. The molecule has 20 heavy (non-hydrogen) atoms. The third-order valence-electron chi connectivity index (χ3n) is 3.88. The highest BCUT2D eigenvalue weighted by atomic mass is 79.9. The summed E-state index contributed by atoms with van der Waals surface area (Å²) in [6, 6.07) is 0.600. The molecule has 2 rings (SSSR count). The van der Waals surface area contributed by atoms with E-state index in [-0.39, 0.29) is 0 Å². The molecule has 0 saturated carbocycles. The highest BCUT2D eigenvalue weighted by Crippen LogP contribution is 2.30. The minimum Gasteiger partial charge on any atom is -0.354 e. The fourth-order valence-electron chi connectivity index (χ4n) is 2.76. The molecule has 1 fully saturated rings. The normalized spacial score (nSPS) is 19.8. The van der Waals surface area contributed by atoms with Gasteiger partial charge in [0.2, 0.25) is 5.95 Å². The van der Waals surface area contributed by atoms with Gasteiger partial charge in [0.15, 0.2) is 0 Å². The average molecular weight is 341 g/mol. The molecule has 1 unspecified atom stereocenters. The van der Waals surface area contributed by atoms with E-state index in [1.807, 2.05) is 6.20 Å². The Labute approximate surface area is 130 Å². The van der Waals surface area contributed by atoms with E-state index < -0.39 is 0 Å². The fraction of sp³-hybridized carbons (Fsp3) is 0.733. The van der Waals surface area contributed by atoms with Gasteiger partial charge in [-0.3, -0.25) is 0 Å². The van der Waals surface area contributed by atoms with Gasteiger partial charge in [-0.2, -0.15) is 4.98 Å². The first-order valence-corrected chi connectivity index (χ1v) is 8.58. The van der Waals surface area contributed by atoms with Crippen LogP contribution >= 0.6 is 15.9 Å². The predicted molar refractivity (Wildman–Crippen MR) is 88.4 cm³/mol. The maximum absolute atomic E-state index is 4.73. The fourth-order valence-corrected chi connectivity index (χ4v) is 3.18. The van der Waals surface area contributed by atoms with Crippen LogP contribution in [0.5, 0.6) is 0 Å². The molecule has 0 bridgehead atoms. The summed E-state index contributed by atoms with van der Waals surface area (Å²) in [5.74, 6) is 1.79. The number of anilines is 2. The van der Waals surface area contributed by atoms with Crippen LogP contribution in [0.3, 0.4) is 0 Å². The summed E-state index contributed by atoms with van der Waals surface area (Å²) in [6.07, 6.45) is 9.31. The lowest BCUT2D eigenvalue weighted by molar-refractivity contribution is 0.551. The molecular weight excluding hydrogens is 316 g/mol.